The summed E-state index contributed by atoms with van der Waals surface area (Å²) < 4.78 is 46.4. The molecule has 4 rings (SSSR count). The van der Waals surface area contributed by atoms with Crippen molar-refractivity contribution in [2.75, 3.05) is 22.8 Å². The molecule has 1 aliphatic heterocycles. The van der Waals surface area contributed by atoms with E-state index in [2.05, 4.69) is 5.32 Å². The molecule has 0 saturated heterocycles. The number of para-hydroxylation sites is 2. The summed E-state index contributed by atoms with van der Waals surface area (Å²) in [5, 5.41) is 2.42. The number of rotatable bonds is 6. The molecule has 0 fully saturated rings. The van der Waals surface area contributed by atoms with Crippen LogP contribution in [0.1, 0.15) is 5.56 Å². The minimum Gasteiger partial charge on any atom is -0.484 e. The van der Waals surface area contributed by atoms with Crippen molar-refractivity contribution in [3.8, 4) is 5.75 Å². The highest BCUT2D eigenvalue weighted by Gasteiger charge is 2.30. The molecule has 0 atom stereocenters. The zero-order valence-corrected chi connectivity index (χ0v) is 16.7. The molecule has 1 aliphatic rings. The van der Waals surface area contributed by atoms with E-state index in [-0.39, 0.29) is 17.2 Å². The lowest BCUT2D eigenvalue weighted by Crippen LogP contribution is -2.29. The number of nitrogens with zero attached hydrogens (tertiary/aromatic N) is 1. The van der Waals surface area contributed by atoms with Crippen LogP contribution in [0, 0.1) is 5.82 Å². The maximum atomic E-state index is 13.6. The third-order valence-corrected chi connectivity index (χ3v) is 6.60. The average Bonchev–Trinajstić information content (AvgIpc) is 3.19. The number of carbonyl (C=O) groups is 1. The van der Waals surface area contributed by atoms with Crippen LogP contribution in [0.3, 0.4) is 0 Å². The summed E-state index contributed by atoms with van der Waals surface area (Å²) in [6.07, 6.45) is 0.674. The first-order chi connectivity index (χ1) is 14.4. The summed E-state index contributed by atoms with van der Waals surface area (Å²) in [5.41, 5.74) is 1.77. The van der Waals surface area contributed by atoms with E-state index in [1.54, 1.807) is 12.1 Å². The maximum Gasteiger partial charge on any atom is 0.264 e. The van der Waals surface area contributed by atoms with E-state index in [0.717, 1.165) is 5.56 Å². The largest absolute Gasteiger partial charge is 0.484 e. The van der Waals surface area contributed by atoms with Crippen LogP contribution in [0.25, 0.3) is 0 Å². The van der Waals surface area contributed by atoms with Gasteiger partial charge in [-0.2, -0.15) is 0 Å². The van der Waals surface area contributed by atoms with Gasteiger partial charge in [-0.25, -0.2) is 12.8 Å². The molecule has 154 valence electrons. The van der Waals surface area contributed by atoms with E-state index in [0.29, 0.717) is 24.4 Å². The predicted molar refractivity (Wildman–Crippen MR) is 112 cm³/mol. The molecule has 0 aromatic heterocycles. The number of sulfonamides is 1. The van der Waals surface area contributed by atoms with Crippen molar-refractivity contribution in [3.63, 3.8) is 0 Å². The number of amides is 1. The van der Waals surface area contributed by atoms with E-state index in [4.69, 9.17) is 4.74 Å². The van der Waals surface area contributed by atoms with Gasteiger partial charge in [-0.1, -0.05) is 30.3 Å². The first-order valence-electron chi connectivity index (χ1n) is 9.33. The molecule has 0 radical (unpaired) electrons. The van der Waals surface area contributed by atoms with Gasteiger partial charge in [0.2, 0.25) is 0 Å². The fourth-order valence-corrected chi connectivity index (χ4v) is 4.79. The molecule has 8 heteroatoms. The van der Waals surface area contributed by atoms with Gasteiger partial charge >= 0.3 is 0 Å². The van der Waals surface area contributed by atoms with Crippen molar-refractivity contribution in [1.29, 1.82) is 0 Å². The smallest absolute Gasteiger partial charge is 0.264 e. The lowest BCUT2D eigenvalue weighted by Gasteiger charge is -2.19. The Morgan fingerprint density at radius 1 is 1.00 bits per heavy atom. The summed E-state index contributed by atoms with van der Waals surface area (Å²) in [4.78, 5) is 12.1. The van der Waals surface area contributed by atoms with Crippen molar-refractivity contribution in [2.24, 2.45) is 0 Å². The molecular weight excluding hydrogens is 407 g/mol. The Morgan fingerprint density at radius 3 is 2.47 bits per heavy atom. The van der Waals surface area contributed by atoms with Gasteiger partial charge < -0.3 is 10.1 Å². The van der Waals surface area contributed by atoms with Gasteiger partial charge in [0.15, 0.2) is 6.61 Å². The number of halogens is 1. The van der Waals surface area contributed by atoms with Crippen LogP contribution in [0.4, 0.5) is 15.8 Å². The van der Waals surface area contributed by atoms with Gasteiger partial charge in [-0.3, -0.25) is 9.10 Å². The first-order valence-corrected chi connectivity index (χ1v) is 10.8. The molecule has 0 aliphatic carbocycles. The molecule has 3 aromatic carbocycles. The number of hydrogen-bond acceptors (Lipinski definition) is 4. The molecular formula is C22H19FN2O4S. The number of anilines is 2. The van der Waals surface area contributed by atoms with Crippen LogP contribution < -0.4 is 14.4 Å². The highest BCUT2D eigenvalue weighted by molar-refractivity contribution is 7.92. The molecule has 1 heterocycles. The normalized spacial score (nSPS) is 13.0. The standard InChI is InChI=1S/C22H19FN2O4S/c23-19-6-2-3-7-20(19)24-22(26)15-29-17-9-11-18(12-10-17)30(27,28)25-14-13-16-5-1-4-8-21(16)25/h1-12H,13-15H2,(H,24,26). The van der Waals surface area contributed by atoms with Crippen LogP contribution in [0.15, 0.2) is 77.7 Å². The summed E-state index contributed by atoms with van der Waals surface area (Å²) in [6, 6.07) is 19.1. The number of nitrogens with one attached hydrogen (secondary N) is 1. The topological polar surface area (TPSA) is 75.7 Å². The van der Waals surface area contributed by atoms with Gasteiger partial charge in [0.1, 0.15) is 11.6 Å². The van der Waals surface area contributed by atoms with E-state index < -0.39 is 21.7 Å². The summed E-state index contributed by atoms with van der Waals surface area (Å²) >= 11 is 0. The molecule has 1 N–H and O–H groups in total. The third-order valence-electron chi connectivity index (χ3n) is 4.77. The van der Waals surface area contributed by atoms with Crippen LogP contribution in [-0.4, -0.2) is 27.5 Å². The zero-order chi connectivity index (χ0) is 21.1. The van der Waals surface area contributed by atoms with Gasteiger partial charge in [0.25, 0.3) is 15.9 Å². The Balaban J connectivity index is 1.41. The Kier molecular flexibility index (Phi) is 5.41. The molecule has 0 unspecified atom stereocenters. The highest BCUT2D eigenvalue weighted by atomic mass is 32.2. The third kappa shape index (κ3) is 3.99. The number of benzene rings is 3. The van der Waals surface area contributed by atoms with E-state index in [9.17, 15) is 17.6 Å². The summed E-state index contributed by atoms with van der Waals surface area (Å²) in [6.45, 7) is 0.0656. The second-order valence-electron chi connectivity index (χ2n) is 6.74. The monoisotopic (exact) mass is 426 g/mol. The molecule has 30 heavy (non-hydrogen) atoms. The van der Waals surface area contributed by atoms with Crippen molar-refractivity contribution in [3.05, 3.63) is 84.2 Å². The lowest BCUT2D eigenvalue weighted by molar-refractivity contribution is -0.118. The number of fused-ring (bicyclic) bond motifs is 1. The minimum atomic E-state index is -3.69. The second kappa shape index (κ2) is 8.16. The Labute approximate surface area is 174 Å². The summed E-state index contributed by atoms with van der Waals surface area (Å²) in [5.74, 6) is -0.728. The van der Waals surface area contributed by atoms with Crippen LogP contribution >= 0.6 is 0 Å². The van der Waals surface area contributed by atoms with Gasteiger partial charge in [0.05, 0.1) is 16.3 Å². The molecule has 3 aromatic rings. The Morgan fingerprint density at radius 2 is 1.70 bits per heavy atom. The average molecular weight is 426 g/mol. The fourth-order valence-electron chi connectivity index (χ4n) is 3.29. The quantitative estimate of drug-likeness (QED) is 0.654. The maximum absolute atomic E-state index is 13.6. The fraction of sp³-hybridized carbons (Fsp3) is 0.136. The molecule has 0 spiro atoms. The SMILES string of the molecule is O=C(COc1ccc(S(=O)(=O)N2CCc3ccccc32)cc1)Nc1ccccc1F. The second-order valence-corrected chi connectivity index (χ2v) is 8.61. The Bertz CT molecular complexity index is 1180. The van der Waals surface area contributed by atoms with Crippen LogP contribution in [-0.2, 0) is 21.2 Å². The number of hydrogen-bond donors (Lipinski definition) is 1. The van der Waals surface area contributed by atoms with E-state index >= 15 is 0 Å². The minimum absolute atomic E-state index is 0.0680. The highest BCUT2D eigenvalue weighted by Crippen LogP contribution is 2.33. The number of ether oxygens (including phenoxy) is 1. The van der Waals surface area contributed by atoms with Crippen molar-refractivity contribution < 1.29 is 22.3 Å². The molecule has 0 bridgehead atoms. The van der Waals surface area contributed by atoms with Gasteiger partial charge in [-0.05, 0) is 54.4 Å². The lowest BCUT2D eigenvalue weighted by atomic mass is 10.2. The van der Waals surface area contributed by atoms with Crippen molar-refractivity contribution >= 4 is 27.3 Å². The number of carbonyl (C=O) groups excluding carboxylic acids is 1. The van der Waals surface area contributed by atoms with E-state index in [1.165, 1.54) is 46.8 Å². The van der Waals surface area contributed by atoms with Gasteiger partial charge in [0, 0.05) is 6.54 Å². The van der Waals surface area contributed by atoms with Crippen LogP contribution in [0.5, 0.6) is 5.75 Å². The van der Waals surface area contributed by atoms with Gasteiger partial charge in [-0.15, -0.1) is 0 Å². The van der Waals surface area contributed by atoms with E-state index in [1.807, 2.05) is 18.2 Å². The molecule has 1 amide bonds. The Hall–Kier alpha value is -3.39. The molecule has 6 nitrogen and oxygen atoms in total. The molecule has 0 saturated carbocycles. The van der Waals surface area contributed by atoms with Crippen molar-refractivity contribution in [2.45, 2.75) is 11.3 Å². The first kappa shape index (κ1) is 19.9. The van der Waals surface area contributed by atoms with Crippen molar-refractivity contribution in [1.82, 2.24) is 0 Å². The van der Waals surface area contributed by atoms with Crippen LogP contribution in [0.2, 0.25) is 0 Å². The summed E-state index contributed by atoms with van der Waals surface area (Å²) in [7, 11) is -3.69. The zero-order valence-electron chi connectivity index (χ0n) is 15.9. The predicted octanol–water partition coefficient (Wildman–Crippen LogP) is 3.59.